The van der Waals surface area contributed by atoms with Crippen LogP contribution in [0, 0.1) is 13.8 Å². The maximum Gasteiger partial charge on any atom is 0.127 e. The number of hydrogen-bond acceptors (Lipinski definition) is 4. The number of nitrogens with two attached hydrogens (primary N) is 1. The van der Waals surface area contributed by atoms with E-state index in [2.05, 4.69) is 24.9 Å². The first-order valence-electron chi connectivity index (χ1n) is 5.38. The van der Waals surface area contributed by atoms with Crippen molar-refractivity contribution < 1.29 is 0 Å². The number of thiazole rings is 1. The van der Waals surface area contributed by atoms with Crippen molar-refractivity contribution in [3.63, 3.8) is 0 Å². The van der Waals surface area contributed by atoms with Gasteiger partial charge in [-0.15, -0.1) is 22.7 Å². The third kappa shape index (κ3) is 1.64. The minimum atomic E-state index is 0.874. The van der Waals surface area contributed by atoms with Crippen LogP contribution in [0.4, 0.5) is 5.00 Å². The molecule has 0 aliphatic carbocycles. The van der Waals surface area contributed by atoms with E-state index in [1.54, 1.807) is 22.7 Å². The molecule has 17 heavy (non-hydrogen) atoms. The van der Waals surface area contributed by atoms with Crippen LogP contribution in [0.2, 0.25) is 0 Å². The molecule has 4 heteroatoms. The number of nitrogens with zero attached hydrogens (tertiary/aromatic N) is 1. The lowest BCUT2D eigenvalue weighted by atomic mass is 10.2. The summed E-state index contributed by atoms with van der Waals surface area (Å²) in [6, 6.07) is 8.20. The Morgan fingerprint density at radius 2 is 1.88 bits per heavy atom. The van der Waals surface area contributed by atoms with Gasteiger partial charge in [0.25, 0.3) is 0 Å². The number of fused-ring (bicyclic) bond motifs is 1. The molecule has 2 heterocycles. The van der Waals surface area contributed by atoms with Crippen molar-refractivity contribution in [3.05, 3.63) is 34.7 Å². The molecule has 0 amide bonds. The number of hydrogen-bond donors (Lipinski definition) is 1. The van der Waals surface area contributed by atoms with E-state index in [9.17, 15) is 0 Å². The second-order valence-electron chi connectivity index (χ2n) is 4.01. The van der Waals surface area contributed by atoms with Gasteiger partial charge in [0.1, 0.15) is 5.01 Å². The molecule has 0 unspecified atom stereocenters. The molecule has 0 atom stereocenters. The van der Waals surface area contributed by atoms with E-state index < -0.39 is 0 Å². The van der Waals surface area contributed by atoms with Gasteiger partial charge in [-0.3, -0.25) is 0 Å². The SMILES string of the molecule is Cc1sc(N)c(-c2nc3ccccc3s2)c1C. The summed E-state index contributed by atoms with van der Waals surface area (Å²) in [5, 5.41) is 1.91. The standard InChI is InChI=1S/C13H12N2S2/c1-7-8(2)16-12(14)11(7)13-15-9-5-3-4-6-10(9)17-13/h3-6H,14H2,1-2H3. The van der Waals surface area contributed by atoms with Crippen LogP contribution in [0.15, 0.2) is 24.3 Å². The third-order valence-corrected chi connectivity index (χ3v) is 5.01. The first kappa shape index (κ1) is 10.7. The van der Waals surface area contributed by atoms with E-state index in [4.69, 9.17) is 5.73 Å². The Morgan fingerprint density at radius 3 is 2.53 bits per heavy atom. The minimum Gasteiger partial charge on any atom is -0.390 e. The lowest BCUT2D eigenvalue weighted by Gasteiger charge is -1.96. The number of anilines is 1. The smallest absolute Gasteiger partial charge is 0.127 e. The highest BCUT2D eigenvalue weighted by molar-refractivity contribution is 7.22. The van der Waals surface area contributed by atoms with Crippen molar-refractivity contribution in [2.24, 2.45) is 0 Å². The van der Waals surface area contributed by atoms with Crippen molar-refractivity contribution in [2.75, 3.05) is 5.73 Å². The van der Waals surface area contributed by atoms with Crippen LogP contribution in [0.25, 0.3) is 20.8 Å². The van der Waals surface area contributed by atoms with Crippen LogP contribution < -0.4 is 5.73 Å². The second-order valence-corrected chi connectivity index (χ2v) is 6.30. The molecular weight excluding hydrogens is 248 g/mol. The highest BCUT2D eigenvalue weighted by atomic mass is 32.1. The van der Waals surface area contributed by atoms with Gasteiger partial charge >= 0.3 is 0 Å². The molecule has 0 spiro atoms. The van der Waals surface area contributed by atoms with Gasteiger partial charge in [-0.05, 0) is 31.5 Å². The molecule has 0 fully saturated rings. The summed E-state index contributed by atoms with van der Waals surface area (Å²) in [5.41, 5.74) is 9.51. The molecule has 2 N–H and O–H groups in total. The predicted molar refractivity (Wildman–Crippen MR) is 76.8 cm³/mol. The first-order chi connectivity index (χ1) is 8.16. The van der Waals surface area contributed by atoms with Crippen molar-refractivity contribution in [3.8, 4) is 10.6 Å². The molecule has 0 bridgehead atoms. The average molecular weight is 260 g/mol. The summed E-state index contributed by atoms with van der Waals surface area (Å²) >= 11 is 3.35. The zero-order valence-corrected chi connectivity index (χ0v) is 11.3. The minimum absolute atomic E-state index is 0.874. The number of rotatable bonds is 1. The van der Waals surface area contributed by atoms with Crippen LogP contribution in [0.5, 0.6) is 0 Å². The topological polar surface area (TPSA) is 38.9 Å². The molecule has 2 nitrogen and oxygen atoms in total. The molecule has 3 rings (SSSR count). The number of thiophene rings is 1. The maximum absolute atomic E-state index is 6.08. The van der Waals surface area contributed by atoms with Gasteiger partial charge in [-0.2, -0.15) is 0 Å². The van der Waals surface area contributed by atoms with Gasteiger partial charge in [0.05, 0.1) is 15.2 Å². The molecule has 1 aromatic carbocycles. The molecule has 0 saturated heterocycles. The Labute approximate surface area is 108 Å². The molecule has 0 aliphatic rings. The van der Waals surface area contributed by atoms with Gasteiger partial charge in [0.15, 0.2) is 0 Å². The monoisotopic (exact) mass is 260 g/mol. The molecule has 2 aromatic heterocycles. The summed E-state index contributed by atoms with van der Waals surface area (Å²) in [5.74, 6) is 0. The Morgan fingerprint density at radius 1 is 1.12 bits per heavy atom. The Hall–Kier alpha value is -1.39. The fourth-order valence-electron chi connectivity index (χ4n) is 1.90. The molecule has 3 aromatic rings. The van der Waals surface area contributed by atoms with Crippen LogP contribution in [0.1, 0.15) is 10.4 Å². The number of aromatic nitrogens is 1. The first-order valence-corrected chi connectivity index (χ1v) is 7.01. The summed E-state index contributed by atoms with van der Waals surface area (Å²) in [6.45, 7) is 4.22. The highest BCUT2D eigenvalue weighted by Crippen LogP contribution is 2.41. The van der Waals surface area contributed by atoms with E-state index in [1.807, 2.05) is 18.2 Å². The van der Waals surface area contributed by atoms with E-state index in [1.165, 1.54) is 15.1 Å². The van der Waals surface area contributed by atoms with Gasteiger partial charge in [-0.1, -0.05) is 12.1 Å². The van der Waals surface area contributed by atoms with Gasteiger partial charge < -0.3 is 5.73 Å². The summed E-state index contributed by atoms with van der Waals surface area (Å²) in [7, 11) is 0. The van der Waals surface area contributed by atoms with E-state index in [-0.39, 0.29) is 0 Å². The molecule has 0 radical (unpaired) electrons. The fraction of sp³-hybridized carbons (Fsp3) is 0.154. The van der Waals surface area contributed by atoms with Gasteiger partial charge in [-0.25, -0.2) is 4.98 Å². The number of nitrogen functional groups attached to an aromatic ring is 1. The Kier molecular flexibility index (Phi) is 2.42. The Bertz CT molecular complexity index is 662. The predicted octanol–water partition coefficient (Wildman–Crippen LogP) is 4.22. The lowest BCUT2D eigenvalue weighted by molar-refractivity contribution is 1.41. The maximum atomic E-state index is 6.08. The average Bonchev–Trinajstić information content (AvgIpc) is 2.81. The van der Waals surface area contributed by atoms with Crippen molar-refractivity contribution >= 4 is 37.9 Å². The second kappa shape index (κ2) is 3.82. The third-order valence-electron chi connectivity index (χ3n) is 2.92. The summed E-state index contributed by atoms with van der Waals surface area (Å²) in [4.78, 5) is 5.94. The largest absolute Gasteiger partial charge is 0.390 e. The van der Waals surface area contributed by atoms with Crippen LogP contribution in [-0.2, 0) is 0 Å². The molecule has 86 valence electrons. The van der Waals surface area contributed by atoms with Crippen LogP contribution in [-0.4, -0.2) is 4.98 Å². The lowest BCUT2D eigenvalue weighted by Crippen LogP contribution is -1.85. The van der Waals surface area contributed by atoms with Gasteiger partial charge in [0, 0.05) is 10.4 Å². The van der Waals surface area contributed by atoms with Crippen molar-refractivity contribution in [1.29, 1.82) is 0 Å². The normalized spacial score (nSPS) is 11.2. The van der Waals surface area contributed by atoms with Crippen molar-refractivity contribution in [2.45, 2.75) is 13.8 Å². The van der Waals surface area contributed by atoms with E-state index in [0.29, 0.717) is 0 Å². The zero-order valence-electron chi connectivity index (χ0n) is 9.65. The molecule has 0 saturated carbocycles. The van der Waals surface area contributed by atoms with Crippen molar-refractivity contribution in [1.82, 2.24) is 4.98 Å². The molecular formula is C13H12N2S2. The number of benzene rings is 1. The number of para-hydroxylation sites is 1. The zero-order chi connectivity index (χ0) is 12.0. The Balaban J connectivity index is 2.27. The summed E-state index contributed by atoms with van der Waals surface area (Å²) < 4.78 is 1.21. The number of aryl methyl sites for hydroxylation is 1. The van der Waals surface area contributed by atoms with Crippen LogP contribution >= 0.6 is 22.7 Å². The highest BCUT2D eigenvalue weighted by Gasteiger charge is 2.15. The van der Waals surface area contributed by atoms with E-state index in [0.717, 1.165) is 21.1 Å². The summed E-state index contributed by atoms with van der Waals surface area (Å²) in [6.07, 6.45) is 0. The van der Waals surface area contributed by atoms with E-state index >= 15 is 0 Å². The quantitative estimate of drug-likeness (QED) is 0.711. The molecule has 0 aliphatic heterocycles. The fourth-order valence-corrected chi connectivity index (χ4v) is 3.98. The van der Waals surface area contributed by atoms with Crippen LogP contribution in [0.3, 0.4) is 0 Å². The van der Waals surface area contributed by atoms with Gasteiger partial charge in [0.2, 0.25) is 0 Å².